The van der Waals surface area contributed by atoms with Crippen LogP contribution in [0.5, 0.6) is 11.5 Å². The number of hydrogen-bond donors (Lipinski definition) is 1. The third-order valence-corrected chi connectivity index (χ3v) is 3.13. The average Bonchev–Trinajstić information content (AvgIpc) is 2.40. The first kappa shape index (κ1) is 17.7. The molecule has 0 aromatic heterocycles. The van der Waals surface area contributed by atoms with Crippen molar-refractivity contribution in [3.8, 4) is 11.5 Å². The van der Waals surface area contributed by atoms with Gasteiger partial charge in [0.15, 0.2) is 11.5 Å². The van der Waals surface area contributed by atoms with E-state index in [0.29, 0.717) is 24.5 Å². The lowest BCUT2D eigenvalue weighted by Gasteiger charge is -2.16. The van der Waals surface area contributed by atoms with Gasteiger partial charge in [0.05, 0.1) is 12.7 Å². The Morgan fingerprint density at radius 1 is 1.14 bits per heavy atom. The highest BCUT2D eigenvalue weighted by atomic mass is 19.3. The van der Waals surface area contributed by atoms with E-state index in [1.54, 1.807) is 19.1 Å². The van der Waals surface area contributed by atoms with Gasteiger partial charge in [-0.1, -0.05) is 32.8 Å². The molecule has 0 amide bonds. The van der Waals surface area contributed by atoms with Crippen molar-refractivity contribution in [3.63, 3.8) is 0 Å². The van der Waals surface area contributed by atoms with Crippen LogP contribution >= 0.6 is 0 Å². The number of hydrogen-bond acceptors (Lipinski definition) is 3. The maximum Gasteiger partial charge on any atom is 0.387 e. The molecule has 1 rings (SSSR count). The van der Waals surface area contributed by atoms with Gasteiger partial charge in [0, 0.05) is 0 Å². The highest BCUT2D eigenvalue weighted by Crippen LogP contribution is 2.33. The first-order chi connectivity index (χ1) is 9.93. The summed E-state index contributed by atoms with van der Waals surface area (Å²) in [6, 6.07) is 4.58. The number of alkyl halides is 2. The van der Waals surface area contributed by atoms with Crippen molar-refractivity contribution < 1.29 is 23.4 Å². The van der Waals surface area contributed by atoms with Crippen molar-refractivity contribution in [3.05, 3.63) is 23.8 Å². The van der Waals surface area contributed by atoms with Crippen molar-refractivity contribution in [1.29, 1.82) is 0 Å². The van der Waals surface area contributed by atoms with Gasteiger partial charge in [-0.2, -0.15) is 8.78 Å². The van der Waals surface area contributed by atoms with Gasteiger partial charge in [-0.25, -0.2) is 0 Å². The van der Waals surface area contributed by atoms with Gasteiger partial charge >= 0.3 is 6.61 Å². The van der Waals surface area contributed by atoms with Crippen molar-refractivity contribution in [2.24, 2.45) is 5.92 Å². The Labute approximate surface area is 124 Å². The molecule has 0 bridgehead atoms. The van der Waals surface area contributed by atoms with E-state index in [0.717, 1.165) is 12.8 Å². The SMILES string of the molecule is CCOc1cc(C(O)CCCC(C)C)ccc1OC(F)F. The monoisotopic (exact) mass is 302 g/mol. The minimum atomic E-state index is -2.90. The van der Waals surface area contributed by atoms with Gasteiger partial charge in [0.2, 0.25) is 0 Å². The smallest absolute Gasteiger partial charge is 0.387 e. The lowest BCUT2D eigenvalue weighted by Crippen LogP contribution is -2.06. The van der Waals surface area contributed by atoms with Crippen LogP contribution < -0.4 is 9.47 Å². The van der Waals surface area contributed by atoms with Gasteiger partial charge in [0.1, 0.15) is 0 Å². The Kier molecular flexibility index (Phi) is 7.43. The summed E-state index contributed by atoms with van der Waals surface area (Å²) in [4.78, 5) is 0. The molecule has 0 aliphatic heterocycles. The van der Waals surface area contributed by atoms with Gasteiger partial charge < -0.3 is 14.6 Å². The number of halogens is 2. The lowest BCUT2D eigenvalue weighted by atomic mass is 10.00. The first-order valence-corrected chi connectivity index (χ1v) is 7.33. The van der Waals surface area contributed by atoms with Crippen molar-refractivity contribution in [2.45, 2.75) is 52.7 Å². The summed E-state index contributed by atoms with van der Waals surface area (Å²) in [5.41, 5.74) is 0.656. The van der Waals surface area contributed by atoms with Crippen LogP contribution in [0.3, 0.4) is 0 Å². The largest absolute Gasteiger partial charge is 0.490 e. The summed E-state index contributed by atoms with van der Waals surface area (Å²) in [6.45, 7) is 3.47. The van der Waals surface area contributed by atoms with Gasteiger partial charge in [-0.15, -0.1) is 0 Å². The zero-order valence-electron chi connectivity index (χ0n) is 12.8. The van der Waals surface area contributed by atoms with E-state index in [9.17, 15) is 13.9 Å². The lowest BCUT2D eigenvalue weighted by molar-refractivity contribution is -0.0514. The Balaban J connectivity index is 2.76. The summed E-state index contributed by atoms with van der Waals surface area (Å²) in [5, 5.41) is 10.2. The number of rotatable bonds is 9. The van der Waals surface area contributed by atoms with E-state index in [4.69, 9.17) is 4.74 Å². The van der Waals surface area contributed by atoms with E-state index in [-0.39, 0.29) is 11.5 Å². The molecule has 0 saturated heterocycles. The number of benzene rings is 1. The molecule has 0 radical (unpaired) electrons. The summed E-state index contributed by atoms with van der Waals surface area (Å²) >= 11 is 0. The molecule has 0 aliphatic rings. The molecule has 0 heterocycles. The second kappa shape index (κ2) is 8.82. The molecule has 0 saturated carbocycles. The molecule has 1 aromatic carbocycles. The van der Waals surface area contributed by atoms with E-state index < -0.39 is 12.7 Å². The highest BCUT2D eigenvalue weighted by Gasteiger charge is 2.15. The Morgan fingerprint density at radius 2 is 1.86 bits per heavy atom. The van der Waals surface area contributed by atoms with Crippen LogP contribution in [0.1, 0.15) is 51.7 Å². The summed E-state index contributed by atoms with van der Waals surface area (Å²) in [7, 11) is 0. The van der Waals surface area contributed by atoms with Gasteiger partial charge in [-0.3, -0.25) is 0 Å². The molecule has 1 atom stereocenters. The van der Waals surface area contributed by atoms with E-state index in [1.165, 1.54) is 6.07 Å². The third kappa shape index (κ3) is 6.29. The molecule has 0 fully saturated rings. The number of ether oxygens (including phenoxy) is 2. The molecule has 0 spiro atoms. The van der Waals surface area contributed by atoms with Gasteiger partial charge in [0.25, 0.3) is 0 Å². The van der Waals surface area contributed by atoms with Crippen LogP contribution in [0.2, 0.25) is 0 Å². The summed E-state index contributed by atoms with van der Waals surface area (Å²) < 4.78 is 34.3. The van der Waals surface area contributed by atoms with Crippen molar-refractivity contribution in [2.75, 3.05) is 6.61 Å². The molecule has 1 aromatic rings. The fraction of sp³-hybridized carbons (Fsp3) is 0.625. The van der Waals surface area contributed by atoms with Crippen LogP contribution in [0.25, 0.3) is 0 Å². The topological polar surface area (TPSA) is 38.7 Å². The maximum atomic E-state index is 12.3. The van der Waals surface area contributed by atoms with Crippen LogP contribution in [0.4, 0.5) is 8.78 Å². The minimum absolute atomic E-state index is 0.00928. The minimum Gasteiger partial charge on any atom is -0.490 e. The number of aliphatic hydroxyl groups is 1. The first-order valence-electron chi connectivity index (χ1n) is 7.33. The van der Waals surface area contributed by atoms with Crippen LogP contribution in [0.15, 0.2) is 18.2 Å². The fourth-order valence-electron chi connectivity index (χ4n) is 2.08. The molecule has 0 aliphatic carbocycles. The predicted octanol–water partition coefficient (Wildman–Crippen LogP) is 4.55. The summed E-state index contributed by atoms with van der Waals surface area (Å²) in [5.74, 6) is 0.821. The maximum absolute atomic E-state index is 12.3. The molecule has 21 heavy (non-hydrogen) atoms. The zero-order valence-corrected chi connectivity index (χ0v) is 12.8. The Morgan fingerprint density at radius 3 is 2.43 bits per heavy atom. The Hall–Kier alpha value is -1.36. The van der Waals surface area contributed by atoms with Crippen LogP contribution in [-0.2, 0) is 0 Å². The number of aliphatic hydroxyl groups excluding tert-OH is 1. The molecule has 1 unspecified atom stereocenters. The quantitative estimate of drug-likeness (QED) is 0.727. The molecular formula is C16H24F2O3. The van der Waals surface area contributed by atoms with Crippen LogP contribution in [-0.4, -0.2) is 18.3 Å². The van der Waals surface area contributed by atoms with E-state index in [1.807, 2.05) is 0 Å². The predicted molar refractivity (Wildman–Crippen MR) is 77.9 cm³/mol. The van der Waals surface area contributed by atoms with Gasteiger partial charge in [-0.05, 0) is 37.0 Å². The third-order valence-electron chi connectivity index (χ3n) is 3.13. The molecule has 1 N–H and O–H groups in total. The second-order valence-corrected chi connectivity index (χ2v) is 5.36. The van der Waals surface area contributed by atoms with Crippen molar-refractivity contribution >= 4 is 0 Å². The van der Waals surface area contributed by atoms with E-state index in [2.05, 4.69) is 18.6 Å². The zero-order chi connectivity index (χ0) is 15.8. The molecule has 3 nitrogen and oxygen atoms in total. The second-order valence-electron chi connectivity index (χ2n) is 5.36. The van der Waals surface area contributed by atoms with Crippen molar-refractivity contribution in [1.82, 2.24) is 0 Å². The Bertz CT molecular complexity index is 422. The summed E-state index contributed by atoms with van der Waals surface area (Å²) in [6.07, 6.45) is 1.97. The molecule has 120 valence electrons. The average molecular weight is 302 g/mol. The standard InChI is InChI=1S/C16H24F2O3/c1-4-20-15-10-12(8-9-14(15)21-16(17)18)13(19)7-5-6-11(2)3/h8-11,13,16,19H,4-7H2,1-3H3. The fourth-order valence-corrected chi connectivity index (χ4v) is 2.08. The highest BCUT2D eigenvalue weighted by molar-refractivity contribution is 5.43. The van der Waals surface area contributed by atoms with E-state index >= 15 is 0 Å². The van der Waals surface area contributed by atoms with Crippen LogP contribution in [0, 0.1) is 5.92 Å². The normalized spacial score (nSPS) is 12.8. The molecular weight excluding hydrogens is 278 g/mol. The molecule has 5 heteroatoms.